The highest BCUT2D eigenvalue weighted by Gasteiger charge is 2.41. The average Bonchev–Trinajstić information content (AvgIpc) is 3.04. The molecule has 2 aliphatic rings. The molecule has 2 amide bonds. The van der Waals surface area contributed by atoms with Crippen molar-refractivity contribution >= 4 is 18.2 Å². The molecule has 1 aromatic rings. The van der Waals surface area contributed by atoms with E-state index in [1.165, 1.54) is 23.5 Å². The Morgan fingerprint density at radius 3 is 2.64 bits per heavy atom. The Hall–Kier alpha value is -2.48. The summed E-state index contributed by atoms with van der Waals surface area (Å²) in [7, 11) is 0. The number of hydrazine groups is 1. The fraction of sp³-hybridized carbons (Fsp3) is 0.471. The number of fused-ring (bicyclic) bond motifs is 1. The quantitative estimate of drug-likeness (QED) is 0.866. The van der Waals surface area contributed by atoms with Crippen LogP contribution in [0.2, 0.25) is 0 Å². The third kappa shape index (κ3) is 3.48. The van der Waals surface area contributed by atoms with Crippen LogP contribution < -0.4 is 5.43 Å². The Morgan fingerprint density at radius 1 is 1.32 bits per heavy atom. The van der Waals surface area contributed by atoms with E-state index in [0.717, 1.165) is 5.56 Å². The van der Waals surface area contributed by atoms with Gasteiger partial charge in [0.25, 0.3) is 5.91 Å². The largest absolute Gasteiger partial charge is 0.342 e. The first kappa shape index (κ1) is 17.3. The lowest BCUT2D eigenvalue weighted by Gasteiger charge is -2.31. The maximum atomic E-state index is 13.1. The topological polar surface area (TPSA) is 68.2 Å². The number of rotatable bonds is 5. The molecule has 8 heteroatoms. The van der Waals surface area contributed by atoms with Gasteiger partial charge in [-0.25, -0.2) is 14.8 Å². The number of amides is 2. The standard InChI is InChI=1S/C17H22FN5O2/c1-3-21(4-2)16(24)10-22-17(25)15-9-14(20-23(15)11-19-22)12-5-7-13(18)8-6-12/h5-8,11,14-15,20H,3-4,9-10H2,1-2H3. The van der Waals surface area contributed by atoms with Crippen molar-refractivity contribution < 1.29 is 14.0 Å². The van der Waals surface area contributed by atoms with E-state index >= 15 is 0 Å². The molecule has 3 rings (SSSR count). The average molecular weight is 347 g/mol. The van der Waals surface area contributed by atoms with Gasteiger partial charge in [0, 0.05) is 13.1 Å². The van der Waals surface area contributed by atoms with Gasteiger partial charge >= 0.3 is 0 Å². The normalized spacial score (nSPS) is 22.3. The summed E-state index contributed by atoms with van der Waals surface area (Å²) in [6, 6.07) is 5.69. The van der Waals surface area contributed by atoms with Crippen LogP contribution in [0.15, 0.2) is 29.4 Å². The Kier molecular flexibility index (Phi) is 4.98. The van der Waals surface area contributed by atoms with Gasteiger partial charge in [0.05, 0.1) is 6.04 Å². The maximum absolute atomic E-state index is 13.1. The third-order valence-corrected chi connectivity index (χ3v) is 4.63. The molecule has 0 saturated carbocycles. The Morgan fingerprint density at radius 2 is 2.00 bits per heavy atom. The van der Waals surface area contributed by atoms with Crippen LogP contribution in [0.5, 0.6) is 0 Å². The summed E-state index contributed by atoms with van der Waals surface area (Å²) < 4.78 is 13.1. The summed E-state index contributed by atoms with van der Waals surface area (Å²) in [6.45, 7) is 4.95. The number of carbonyl (C=O) groups is 2. The molecule has 2 unspecified atom stereocenters. The molecule has 1 aromatic carbocycles. The summed E-state index contributed by atoms with van der Waals surface area (Å²) in [5.41, 5.74) is 4.10. The van der Waals surface area contributed by atoms with Gasteiger partial charge in [-0.2, -0.15) is 5.10 Å². The van der Waals surface area contributed by atoms with E-state index in [1.54, 1.807) is 22.0 Å². The van der Waals surface area contributed by atoms with Crippen LogP contribution in [-0.4, -0.2) is 58.7 Å². The smallest absolute Gasteiger partial charge is 0.267 e. The number of nitrogens with zero attached hydrogens (tertiary/aromatic N) is 4. The number of hydrogen-bond acceptors (Lipinski definition) is 5. The lowest BCUT2D eigenvalue weighted by atomic mass is 10.0. The van der Waals surface area contributed by atoms with Gasteiger partial charge in [-0.1, -0.05) is 12.1 Å². The van der Waals surface area contributed by atoms with Crippen molar-refractivity contribution in [2.45, 2.75) is 32.4 Å². The molecule has 7 nitrogen and oxygen atoms in total. The molecular weight excluding hydrogens is 325 g/mol. The van der Waals surface area contributed by atoms with Crippen LogP contribution in [0.25, 0.3) is 0 Å². The first-order valence-corrected chi connectivity index (χ1v) is 8.46. The van der Waals surface area contributed by atoms with Crippen LogP contribution in [0.1, 0.15) is 31.9 Å². The summed E-state index contributed by atoms with van der Waals surface area (Å²) >= 11 is 0. The SMILES string of the molecule is CCN(CC)C(=O)CN1N=CN2NC(c3ccc(F)cc3)CC2C1=O. The second-order valence-corrected chi connectivity index (χ2v) is 6.08. The predicted molar refractivity (Wildman–Crippen MR) is 90.7 cm³/mol. The molecule has 0 bridgehead atoms. The minimum absolute atomic E-state index is 0.0530. The molecule has 2 aliphatic heterocycles. The molecule has 2 heterocycles. The fourth-order valence-corrected chi connectivity index (χ4v) is 3.17. The van der Waals surface area contributed by atoms with E-state index in [0.29, 0.717) is 19.5 Å². The van der Waals surface area contributed by atoms with E-state index in [2.05, 4.69) is 10.5 Å². The summed E-state index contributed by atoms with van der Waals surface area (Å²) in [4.78, 5) is 26.6. The summed E-state index contributed by atoms with van der Waals surface area (Å²) in [6.07, 6.45) is 2.07. The van der Waals surface area contributed by atoms with Crippen LogP contribution in [0.4, 0.5) is 4.39 Å². The molecule has 25 heavy (non-hydrogen) atoms. The van der Waals surface area contributed by atoms with Crippen molar-refractivity contribution in [3.63, 3.8) is 0 Å². The van der Waals surface area contributed by atoms with Crippen molar-refractivity contribution in [2.75, 3.05) is 19.6 Å². The molecule has 0 radical (unpaired) electrons. The van der Waals surface area contributed by atoms with E-state index in [4.69, 9.17) is 0 Å². The van der Waals surface area contributed by atoms with Crippen LogP contribution in [0.3, 0.4) is 0 Å². The fourth-order valence-electron chi connectivity index (χ4n) is 3.17. The number of halogens is 1. The first-order valence-electron chi connectivity index (χ1n) is 8.46. The number of carbonyl (C=O) groups excluding carboxylic acids is 2. The minimum Gasteiger partial charge on any atom is -0.342 e. The van der Waals surface area contributed by atoms with E-state index in [9.17, 15) is 14.0 Å². The molecule has 2 atom stereocenters. The van der Waals surface area contributed by atoms with Gasteiger partial charge in [0.1, 0.15) is 24.7 Å². The van der Waals surface area contributed by atoms with E-state index in [1.807, 2.05) is 13.8 Å². The second-order valence-electron chi connectivity index (χ2n) is 6.08. The number of nitrogens with one attached hydrogen (secondary N) is 1. The highest BCUT2D eigenvalue weighted by atomic mass is 19.1. The van der Waals surface area contributed by atoms with Crippen LogP contribution in [0, 0.1) is 5.82 Å². The lowest BCUT2D eigenvalue weighted by molar-refractivity contribution is -0.143. The molecule has 1 saturated heterocycles. The number of likely N-dealkylation sites (N-methyl/N-ethyl adjacent to an activating group) is 1. The van der Waals surface area contributed by atoms with Gasteiger partial charge in [0.2, 0.25) is 5.91 Å². The van der Waals surface area contributed by atoms with E-state index in [-0.39, 0.29) is 30.2 Å². The van der Waals surface area contributed by atoms with Gasteiger partial charge in [-0.3, -0.25) is 14.6 Å². The Bertz CT molecular complexity index is 674. The molecule has 0 aromatic heterocycles. The van der Waals surface area contributed by atoms with Crippen molar-refractivity contribution in [3.05, 3.63) is 35.6 Å². The number of hydrazone groups is 1. The molecule has 0 spiro atoms. The predicted octanol–water partition coefficient (Wildman–Crippen LogP) is 1.10. The Labute approximate surface area is 146 Å². The van der Waals surface area contributed by atoms with E-state index < -0.39 is 6.04 Å². The van der Waals surface area contributed by atoms with Gasteiger partial charge < -0.3 is 4.90 Å². The molecule has 1 fully saturated rings. The molecule has 0 aliphatic carbocycles. The second kappa shape index (κ2) is 7.18. The molecular formula is C17H22FN5O2. The first-order chi connectivity index (χ1) is 12.0. The zero-order chi connectivity index (χ0) is 18.0. The lowest BCUT2D eigenvalue weighted by Crippen LogP contribution is -2.52. The molecule has 134 valence electrons. The number of hydrogen-bond donors (Lipinski definition) is 1. The monoisotopic (exact) mass is 347 g/mol. The van der Waals surface area contributed by atoms with Crippen molar-refractivity contribution in [2.24, 2.45) is 5.10 Å². The zero-order valence-electron chi connectivity index (χ0n) is 14.4. The van der Waals surface area contributed by atoms with Gasteiger partial charge in [-0.05, 0) is 38.0 Å². The Balaban J connectivity index is 1.67. The van der Waals surface area contributed by atoms with Crippen molar-refractivity contribution in [1.29, 1.82) is 0 Å². The minimum atomic E-state index is -0.419. The summed E-state index contributed by atoms with van der Waals surface area (Å²) in [5.74, 6) is -0.622. The highest BCUT2D eigenvalue weighted by Crippen LogP contribution is 2.29. The third-order valence-electron chi connectivity index (χ3n) is 4.63. The summed E-state index contributed by atoms with van der Waals surface area (Å²) in [5, 5.41) is 7.00. The number of benzene rings is 1. The maximum Gasteiger partial charge on any atom is 0.267 e. The highest BCUT2D eigenvalue weighted by molar-refractivity contribution is 5.91. The van der Waals surface area contributed by atoms with Crippen molar-refractivity contribution in [3.8, 4) is 0 Å². The van der Waals surface area contributed by atoms with Crippen LogP contribution >= 0.6 is 0 Å². The van der Waals surface area contributed by atoms with Crippen molar-refractivity contribution in [1.82, 2.24) is 20.3 Å². The molecule has 1 N–H and O–H groups in total. The van der Waals surface area contributed by atoms with Gasteiger partial charge in [0.15, 0.2) is 0 Å². The zero-order valence-corrected chi connectivity index (χ0v) is 14.4. The van der Waals surface area contributed by atoms with Crippen LogP contribution in [-0.2, 0) is 9.59 Å². The van der Waals surface area contributed by atoms with Gasteiger partial charge in [-0.15, -0.1) is 0 Å².